The lowest BCUT2D eigenvalue weighted by atomic mass is 10.1. The van der Waals surface area contributed by atoms with Gasteiger partial charge >= 0.3 is 0 Å². The number of nitrogens with zero attached hydrogens (tertiary/aromatic N) is 1. The fourth-order valence-electron chi connectivity index (χ4n) is 2.35. The number of nitrogens with one attached hydrogen (secondary N) is 1. The minimum absolute atomic E-state index is 0.199. The molecule has 2 aromatic rings. The lowest BCUT2D eigenvalue weighted by molar-refractivity contribution is -0.120. The van der Waals surface area contributed by atoms with E-state index in [0.717, 1.165) is 21.7 Å². The maximum absolute atomic E-state index is 12.3. The second kappa shape index (κ2) is 7.49. The van der Waals surface area contributed by atoms with Crippen molar-refractivity contribution in [3.8, 4) is 0 Å². The van der Waals surface area contributed by atoms with Gasteiger partial charge in [-0.15, -0.1) is 0 Å². The highest BCUT2D eigenvalue weighted by Crippen LogP contribution is 2.17. The average Bonchev–Trinajstić information content (AvgIpc) is 2.53. The molecule has 0 unspecified atom stereocenters. The van der Waals surface area contributed by atoms with E-state index in [1.165, 1.54) is 0 Å². The van der Waals surface area contributed by atoms with Crippen molar-refractivity contribution in [1.29, 1.82) is 0 Å². The molecule has 2 rings (SSSR count). The van der Waals surface area contributed by atoms with Crippen LogP contribution in [0.3, 0.4) is 0 Å². The van der Waals surface area contributed by atoms with Gasteiger partial charge in [-0.05, 0) is 31.5 Å². The van der Waals surface area contributed by atoms with E-state index in [-0.39, 0.29) is 18.5 Å². The van der Waals surface area contributed by atoms with E-state index in [1.54, 1.807) is 30.3 Å². The molecule has 0 saturated carbocycles. The van der Waals surface area contributed by atoms with Crippen LogP contribution < -0.4 is 9.62 Å². The number of carbonyl (C=O) groups is 1. The molecule has 1 N–H and O–H groups in total. The van der Waals surface area contributed by atoms with Gasteiger partial charge in [-0.2, -0.15) is 0 Å². The third kappa shape index (κ3) is 4.83. The topological polar surface area (TPSA) is 66.5 Å². The summed E-state index contributed by atoms with van der Waals surface area (Å²) in [6.45, 7) is 3.62. The summed E-state index contributed by atoms with van der Waals surface area (Å²) in [5.41, 5.74) is 2.59. The number of carbonyl (C=O) groups excluding carboxylic acids is 1. The van der Waals surface area contributed by atoms with Crippen LogP contribution in [0.15, 0.2) is 54.6 Å². The normalized spacial score (nSPS) is 12.5. The van der Waals surface area contributed by atoms with E-state index in [9.17, 15) is 13.2 Å². The largest absolute Gasteiger partial charge is 0.348 e. The van der Waals surface area contributed by atoms with E-state index in [2.05, 4.69) is 5.32 Å². The highest BCUT2D eigenvalue weighted by atomic mass is 32.2. The maximum Gasteiger partial charge on any atom is 0.241 e. The zero-order chi connectivity index (χ0) is 17.7. The number of anilines is 1. The van der Waals surface area contributed by atoms with E-state index < -0.39 is 10.0 Å². The van der Waals surface area contributed by atoms with Crippen molar-refractivity contribution in [3.05, 3.63) is 65.7 Å². The number of benzene rings is 2. The summed E-state index contributed by atoms with van der Waals surface area (Å²) < 4.78 is 25.1. The van der Waals surface area contributed by atoms with Crippen molar-refractivity contribution in [2.45, 2.75) is 19.9 Å². The Morgan fingerprint density at radius 3 is 2.21 bits per heavy atom. The van der Waals surface area contributed by atoms with Crippen LogP contribution in [-0.2, 0) is 14.8 Å². The highest BCUT2D eigenvalue weighted by molar-refractivity contribution is 7.92. The van der Waals surface area contributed by atoms with Gasteiger partial charge in [0.1, 0.15) is 6.54 Å². The van der Waals surface area contributed by atoms with E-state index in [4.69, 9.17) is 0 Å². The van der Waals surface area contributed by atoms with Crippen LogP contribution in [0.5, 0.6) is 0 Å². The molecule has 0 fully saturated rings. The molecule has 0 aliphatic carbocycles. The second-order valence-corrected chi connectivity index (χ2v) is 7.71. The number of rotatable bonds is 6. The molecular formula is C18H22N2O3S. The summed E-state index contributed by atoms with van der Waals surface area (Å²) in [7, 11) is -3.55. The fourth-order valence-corrected chi connectivity index (χ4v) is 3.21. The Labute approximate surface area is 143 Å². The molecular weight excluding hydrogens is 324 g/mol. The van der Waals surface area contributed by atoms with Crippen LogP contribution in [0.4, 0.5) is 5.69 Å². The molecule has 2 aromatic carbocycles. The van der Waals surface area contributed by atoms with Gasteiger partial charge < -0.3 is 5.32 Å². The summed E-state index contributed by atoms with van der Waals surface area (Å²) in [4.78, 5) is 12.3. The molecule has 0 aliphatic heterocycles. The van der Waals surface area contributed by atoms with Crippen molar-refractivity contribution in [2.75, 3.05) is 17.1 Å². The smallest absolute Gasteiger partial charge is 0.241 e. The highest BCUT2D eigenvalue weighted by Gasteiger charge is 2.21. The Hall–Kier alpha value is -2.34. The van der Waals surface area contributed by atoms with Crippen LogP contribution in [0, 0.1) is 6.92 Å². The number of sulfonamides is 1. The standard InChI is InChI=1S/C18H22N2O3S/c1-14-9-11-16(12-10-14)15(2)19-18(21)13-20(24(3,22)23)17-7-5-4-6-8-17/h4-12,15H,13H2,1-3H3,(H,19,21)/t15-/m1/s1. The molecule has 0 saturated heterocycles. The third-order valence-corrected chi connectivity index (χ3v) is 4.83. The van der Waals surface area contributed by atoms with E-state index in [0.29, 0.717) is 5.69 Å². The number of amides is 1. The fraction of sp³-hybridized carbons (Fsp3) is 0.278. The molecule has 0 radical (unpaired) electrons. The van der Waals surface area contributed by atoms with Gasteiger partial charge in [-0.1, -0.05) is 48.0 Å². The van der Waals surface area contributed by atoms with Gasteiger partial charge in [0.05, 0.1) is 18.0 Å². The Morgan fingerprint density at radius 2 is 1.67 bits per heavy atom. The van der Waals surface area contributed by atoms with Crippen LogP contribution >= 0.6 is 0 Å². The molecule has 6 heteroatoms. The monoisotopic (exact) mass is 346 g/mol. The number of hydrogen-bond acceptors (Lipinski definition) is 3. The molecule has 0 aliphatic rings. The molecule has 0 heterocycles. The molecule has 5 nitrogen and oxygen atoms in total. The Balaban J connectivity index is 2.09. The molecule has 128 valence electrons. The lowest BCUT2D eigenvalue weighted by Crippen LogP contribution is -2.41. The molecule has 0 bridgehead atoms. The summed E-state index contributed by atoms with van der Waals surface area (Å²) in [5.74, 6) is -0.350. The maximum atomic E-state index is 12.3. The van der Waals surface area contributed by atoms with Gasteiger partial charge in [0.15, 0.2) is 0 Å². The summed E-state index contributed by atoms with van der Waals surface area (Å²) in [5, 5.41) is 2.84. The van der Waals surface area contributed by atoms with Crippen molar-refractivity contribution in [2.24, 2.45) is 0 Å². The van der Waals surface area contributed by atoms with Crippen molar-refractivity contribution in [3.63, 3.8) is 0 Å². The predicted molar refractivity (Wildman–Crippen MR) is 96.4 cm³/mol. The van der Waals surface area contributed by atoms with Gasteiger partial charge in [0, 0.05) is 0 Å². The minimum atomic E-state index is -3.55. The molecule has 1 amide bonds. The molecule has 0 aromatic heterocycles. The van der Waals surface area contributed by atoms with E-state index in [1.807, 2.05) is 38.1 Å². The van der Waals surface area contributed by atoms with Crippen molar-refractivity contribution < 1.29 is 13.2 Å². The first-order valence-corrected chi connectivity index (χ1v) is 9.51. The molecule has 1 atom stereocenters. The first kappa shape index (κ1) is 18.0. The van der Waals surface area contributed by atoms with Crippen LogP contribution in [-0.4, -0.2) is 27.1 Å². The SMILES string of the molecule is Cc1ccc([C@@H](C)NC(=O)CN(c2ccccc2)S(C)(=O)=O)cc1. The predicted octanol–water partition coefficient (Wildman–Crippen LogP) is 2.64. The Bertz CT molecular complexity index is 787. The number of para-hydroxylation sites is 1. The minimum Gasteiger partial charge on any atom is -0.348 e. The van der Waals surface area contributed by atoms with Crippen molar-refractivity contribution in [1.82, 2.24) is 5.32 Å². The van der Waals surface area contributed by atoms with Crippen LogP contribution in [0.25, 0.3) is 0 Å². The zero-order valence-electron chi connectivity index (χ0n) is 14.1. The summed E-state index contributed by atoms with van der Waals surface area (Å²) >= 11 is 0. The van der Waals surface area contributed by atoms with Crippen molar-refractivity contribution >= 4 is 21.6 Å². The first-order valence-electron chi connectivity index (χ1n) is 7.66. The number of hydrogen-bond donors (Lipinski definition) is 1. The summed E-state index contributed by atoms with van der Waals surface area (Å²) in [6.07, 6.45) is 1.09. The first-order chi connectivity index (χ1) is 11.3. The number of aryl methyl sites for hydroxylation is 1. The van der Waals surface area contributed by atoms with Gasteiger partial charge in [0.25, 0.3) is 0 Å². The quantitative estimate of drug-likeness (QED) is 0.874. The van der Waals surface area contributed by atoms with Gasteiger partial charge in [-0.3, -0.25) is 9.10 Å². The third-order valence-electron chi connectivity index (χ3n) is 3.69. The molecule has 0 spiro atoms. The zero-order valence-corrected chi connectivity index (χ0v) is 14.9. The average molecular weight is 346 g/mol. The lowest BCUT2D eigenvalue weighted by Gasteiger charge is -2.23. The van der Waals surface area contributed by atoms with Gasteiger partial charge in [-0.25, -0.2) is 8.42 Å². The van der Waals surface area contributed by atoms with Crippen LogP contribution in [0.1, 0.15) is 24.1 Å². The molecule has 24 heavy (non-hydrogen) atoms. The second-order valence-electron chi connectivity index (χ2n) is 5.81. The van der Waals surface area contributed by atoms with E-state index >= 15 is 0 Å². The Morgan fingerprint density at radius 1 is 1.08 bits per heavy atom. The van der Waals surface area contributed by atoms with Gasteiger partial charge in [0.2, 0.25) is 15.9 Å². The Kier molecular flexibility index (Phi) is 5.62. The summed E-state index contributed by atoms with van der Waals surface area (Å²) in [6, 6.07) is 16.3. The van der Waals surface area contributed by atoms with Crippen LogP contribution in [0.2, 0.25) is 0 Å².